The standard InChI is InChI=1S/C25H21FN2O3/c1-16-3-5-17(6-4-16)15-28-24(29)22(18-7-13-21(31-2)14-8-18)23(25(28)30)27-20-11-9-19(26)10-12-20/h3-14,27H,15H2,1-2H3. The van der Waals surface area contributed by atoms with Gasteiger partial charge in [-0.3, -0.25) is 14.5 Å². The monoisotopic (exact) mass is 416 g/mol. The average molecular weight is 416 g/mol. The van der Waals surface area contributed by atoms with E-state index in [0.29, 0.717) is 17.0 Å². The van der Waals surface area contributed by atoms with Gasteiger partial charge in [0.05, 0.1) is 19.2 Å². The van der Waals surface area contributed by atoms with E-state index in [-0.39, 0.29) is 29.5 Å². The van der Waals surface area contributed by atoms with Crippen LogP contribution in [0.1, 0.15) is 16.7 Å². The van der Waals surface area contributed by atoms with Gasteiger partial charge >= 0.3 is 0 Å². The molecule has 31 heavy (non-hydrogen) atoms. The Morgan fingerprint density at radius 3 is 2.13 bits per heavy atom. The minimum atomic E-state index is -0.430. The maximum atomic E-state index is 13.3. The number of methoxy groups -OCH3 is 1. The summed E-state index contributed by atoms with van der Waals surface area (Å²) in [6.07, 6.45) is 0. The van der Waals surface area contributed by atoms with Crippen LogP contribution in [0.5, 0.6) is 5.75 Å². The highest BCUT2D eigenvalue weighted by atomic mass is 19.1. The summed E-state index contributed by atoms with van der Waals surface area (Å²) in [5, 5.41) is 3.02. The summed E-state index contributed by atoms with van der Waals surface area (Å²) >= 11 is 0. The Morgan fingerprint density at radius 2 is 1.52 bits per heavy atom. The van der Waals surface area contributed by atoms with Gasteiger partial charge in [-0.25, -0.2) is 4.39 Å². The van der Waals surface area contributed by atoms with Crippen LogP contribution in [0.4, 0.5) is 10.1 Å². The fraction of sp³-hybridized carbons (Fsp3) is 0.120. The van der Waals surface area contributed by atoms with Crippen LogP contribution in [-0.2, 0) is 16.1 Å². The molecular weight excluding hydrogens is 395 g/mol. The number of imide groups is 1. The maximum Gasteiger partial charge on any atom is 0.278 e. The Labute approximate surface area is 179 Å². The van der Waals surface area contributed by atoms with Crippen LogP contribution in [0.3, 0.4) is 0 Å². The van der Waals surface area contributed by atoms with Crippen molar-refractivity contribution in [3.8, 4) is 5.75 Å². The summed E-state index contributed by atoms with van der Waals surface area (Å²) in [7, 11) is 1.56. The van der Waals surface area contributed by atoms with E-state index in [2.05, 4.69) is 5.32 Å². The van der Waals surface area contributed by atoms with Crippen LogP contribution in [0.25, 0.3) is 5.57 Å². The number of anilines is 1. The smallest absolute Gasteiger partial charge is 0.278 e. The molecule has 0 unspecified atom stereocenters. The van der Waals surface area contributed by atoms with E-state index in [4.69, 9.17) is 4.74 Å². The number of amides is 2. The number of halogens is 1. The lowest BCUT2D eigenvalue weighted by molar-refractivity contribution is -0.137. The lowest BCUT2D eigenvalue weighted by Crippen LogP contribution is -2.32. The molecule has 0 aromatic heterocycles. The van der Waals surface area contributed by atoms with Crippen LogP contribution < -0.4 is 10.1 Å². The molecule has 0 atom stereocenters. The first kappa shape index (κ1) is 20.3. The van der Waals surface area contributed by atoms with Gasteiger partial charge in [0.1, 0.15) is 17.3 Å². The lowest BCUT2D eigenvalue weighted by Gasteiger charge is -2.15. The molecule has 4 rings (SSSR count). The molecule has 6 heteroatoms. The number of rotatable bonds is 6. The van der Waals surface area contributed by atoms with Crippen LogP contribution in [0.15, 0.2) is 78.5 Å². The molecule has 1 N–H and O–H groups in total. The van der Waals surface area contributed by atoms with E-state index in [1.54, 1.807) is 31.4 Å². The van der Waals surface area contributed by atoms with Crippen molar-refractivity contribution in [2.45, 2.75) is 13.5 Å². The highest BCUT2D eigenvalue weighted by molar-refractivity contribution is 6.36. The first-order chi connectivity index (χ1) is 15.0. The van der Waals surface area contributed by atoms with Gasteiger partial charge in [0.2, 0.25) is 0 Å². The van der Waals surface area contributed by atoms with Crippen molar-refractivity contribution in [2.24, 2.45) is 0 Å². The number of carbonyl (C=O) groups is 2. The summed E-state index contributed by atoms with van der Waals surface area (Å²) in [6.45, 7) is 2.14. The molecule has 0 spiro atoms. The number of aryl methyl sites for hydroxylation is 1. The molecule has 3 aromatic carbocycles. The van der Waals surface area contributed by atoms with Gasteiger partial charge in [-0.15, -0.1) is 0 Å². The number of nitrogens with one attached hydrogen (secondary N) is 1. The molecule has 1 aliphatic rings. The second kappa shape index (κ2) is 8.44. The van der Waals surface area contributed by atoms with Crippen LogP contribution in [0, 0.1) is 12.7 Å². The Hall–Kier alpha value is -3.93. The second-order valence-corrected chi connectivity index (χ2v) is 7.29. The van der Waals surface area contributed by atoms with Crippen molar-refractivity contribution in [3.63, 3.8) is 0 Å². The molecular formula is C25H21FN2O3. The predicted molar refractivity (Wildman–Crippen MR) is 117 cm³/mol. The van der Waals surface area contributed by atoms with E-state index in [0.717, 1.165) is 11.1 Å². The summed E-state index contributed by atoms with van der Waals surface area (Å²) in [6, 6.07) is 20.2. The van der Waals surface area contributed by atoms with Gasteiger partial charge in [0.15, 0.2) is 0 Å². The zero-order valence-electron chi connectivity index (χ0n) is 17.2. The molecule has 1 aliphatic heterocycles. The van der Waals surface area contributed by atoms with E-state index in [1.807, 2.05) is 31.2 Å². The maximum absolute atomic E-state index is 13.3. The van der Waals surface area contributed by atoms with Crippen molar-refractivity contribution in [1.29, 1.82) is 0 Å². The second-order valence-electron chi connectivity index (χ2n) is 7.29. The first-order valence-corrected chi connectivity index (χ1v) is 9.79. The van der Waals surface area contributed by atoms with Crippen LogP contribution >= 0.6 is 0 Å². The largest absolute Gasteiger partial charge is 0.497 e. The molecule has 1 heterocycles. The zero-order chi connectivity index (χ0) is 22.0. The summed E-state index contributed by atoms with van der Waals surface area (Å²) in [5.41, 5.74) is 3.48. The molecule has 0 saturated carbocycles. The molecule has 0 saturated heterocycles. The van der Waals surface area contributed by atoms with Gasteiger partial charge in [-0.05, 0) is 54.4 Å². The molecule has 0 radical (unpaired) electrons. The van der Waals surface area contributed by atoms with Crippen molar-refractivity contribution in [1.82, 2.24) is 4.90 Å². The third-order valence-electron chi connectivity index (χ3n) is 5.12. The number of hydrogen-bond donors (Lipinski definition) is 1. The number of benzene rings is 3. The Balaban J connectivity index is 1.72. The van der Waals surface area contributed by atoms with Gasteiger partial charge in [0.25, 0.3) is 11.8 Å². The molecule has 0 aliphatic carbocycles. The number of nitrogens with zero attached hydrogens (tertiary/aromatic N) is 1. The van der Waals surface area contributed by atoms with Crippen molar-refractivity contribution < 1.29 is 18.7 Å². The quantitative estimate of drug-likeness (QED) is 0.600. The molecule has 156 valence electrons. The van der Waals surface area contributed by atoms with E-state index in [9.17, 15) is 14.0 Å². The average Bonchev–Trinajstić information content (AvgIpc) is 3.01. The zero-order valence-corrected chi connectivity index (χ0v) is 17.2. The molecule has 5 nitrogen and oxygen atoms in total. The third kappa shape index (κ3) is 4.19. The highest BCUT2D eigenvalue weighted by Crippen LogP contribution is 2.32. The van der Waals surface area contributed by atoms with Crippen molar-refractivity contribution >= 4 is 23.1 Å². The van der Waals surface area contributed by atoms with Gasteiger partial charge in [-0.2, -0.15) is 0 Å². The topological polar surface area (TPSA) is 58.6 Å². The minimum Gasteiger partial charge on any atom is -0.497 e. The lowest BCUT2D eigenvalue weighted by atomic mass is 10.0. The van der Waals surface area contributed by atoms with E-state index < -0.39 is 5.91 Å². The highest BCUT2D eigenvalue weighted by Gasteiger charge is 2.39. The minimum absolute atomic E-state index is 0.159. The number of carbonyl (C=O) groups excluding carboxylic acids is 2. The fourth-order valence-corrected chi connectivity index (χ4v) is 3.41. The summed E-state index contributed by atoms with van der Waals surface area (Å²) < 4.78 is 18.5. The van der Waals surface area contributed by atoms with Gasteiger partial charge in [0, 0.05) is 5.69 Å². The SMILES string of the molecule is COc1ccc(C2=C(Nc3ccc(F)cc3)C(=O)N(Cc3ccc(C)cc3)C2=O)cc1. The molecule has 0 fully saturated rings. The van der Waals surface area contributed by atoms with E-state index >= 15 is 0 Å². The fourth-order valence-electron chi connectivity index (χ4n) is 3.41. The van der Waals surface area contributed by atoms with Crippen molar-refractivity contribution in [3.05, 3.63) is 101 Å². The summed E-state index contributed by atoms with van der Waals surface area (Å²) in [4.78, 5) is 27.8. The number of hydrogen-bond acceptors (Lipinski definition) is 4. The number of ether oxygens (including phenoxy) is 1. The third-order valence-corrected chi connectivity index (χ3v) is 5.12. The Bertz CT molecular complexity index is 1150. The van der Waals surface area contributed by atoms with Crippen LogP contribution in [0.2, 0.25) is 0 Å². The van der Waals surface area contributed by atoms with Crippen molar-refractivity contribution in [2.75, 3.05) is 12.4 Å². The van der Waals surface area contributed by atoms with Gasteiger partial charge in [-0.1, -0.05) is 42.0 Å². The first-order valence-electron chi connectivity index (χ1n) is 9.79. The molecule has 2 amide bonds. The molecule has 0 bridgehead atoms. The van der Waals surface area contributed by atoms with Crippen LogP contribution in [-0.4, -0.2) is 23.8 Å². The summed E-state index contributed by atoms with van der Waals surface area (Å²) in [5.74, 6) is -0.559. The Morgan fingerprint density at radius 1 is 0.871 bits per heavy atom. The normalized spacial score (nSPS) is 13.7. The molecule has 3 aromatic rings. The van der Waals surface area contributed by atoms with E-state index in [1.165, 1.54) is 29.2 Å². The predicted octanol–water partition coefficient (Wildman–Crippen LogP) is 4.53. The Kier molecular flexibility index (Phi) is 5.54. The van der Waals surface area contributed by atoms with Gasteiger partial charge < -0.3 is 10.1 Å².